The summed E-state index contributed by atoms with van der Waals surface area (Å²) in [4.78, 5) is 31.7. The average molecular weight is 681 g/mol. The van der Waals surface area contributed by atoms with Gasteiger partial charge in [0.15, 0.2) is 0 Å². The summed E-state index contributed by atoms with van der Waals surface area (Å²) in [6.07, 6.45) is 14.8. The maximum absolute atomic E-state index is 14.6. The molecule has 3 N–H and O–H groups in total. The number of piperazine rings is 1. The molecule has 278 valence electrons. The van der Waals surface area contributed by atoms with Gasteiger partial charge in [0.2, 0.25) is 5.91 Å². The molecule has 1 amide bonds. The van der Waals surface area contributed by atoms with Gasteiger partial charge in [0.05, 0.1) is 5.41 Å². The van der Waals surface area contributed by atoms with Gasteiger partial charge in [-0.3, -0.25) is 9.59 Å². The Balaban J connectivity index is 1.18. The third-order valence-corrected chi connectivity index (χ3v) is 16.8. The van der Waals surface area contributed by atoms with Gasteiger partial charge in [0.1, 0.15) is 6.10 Å². The lowest BCUT2D eigenvalue weighted by Gasteiger charge is -2.71. The fraction of sp³-hybridized carbons (Fsp3) is 0.905. The van der Waals surface area contributed by atoms with Crippen molar-refractivity contribution in [3.63, 3.8) is 0 Å². The molecule has 0 radical (unpaired) electrons. The maximum Gasteiger partial charge on any atom is 0.302 e. The smallest absolute Gasteiger partial charge is 0.302 e. The summed E-state index contributed by atoms with van der Waals surface area (Å²) < 4.78 is 5.97. The van der Waals surface area contributed by atoms with Crippen molar-refractivity contribution in [3.8, 4) is 0 Å². The summed E-state index contributed by atoms with van der Waals surface area (Å²) in [6.45, 7) is 27.4. The summed E-state index contributed by atoms with van der Waals surface area (Å²) in [7, 11) is 0. The Morgan fingerprint density at radius 2 is 1.55 bits per heavy atom. The van der Waals surface area contributed by atoms with Gasteiger partial charge in [-0.15, -0.1) is 0 Å². The highest BCUT2D eigenvalue weighted by Gasteiger charge is 2.69. The fourth-order valence-electron chi connectivity index (χ4n) is 13.5. The zero-order valence-electron chi connectivity index (χ0n) is 32.7. The fourth-order valence-corrected chi connectivity index (χ4v) is 13.5. The van der Waals surface area contributed by atoms with Crippen LogP contribution in [0.5, 0.6) is 0 Å². The van der Waals surface area contributed by atoms with Crippen LogP contribution in [-0.2, 0) is 14.3 Å². The Morgan fingerprint density at radius 3 is 2.20 bits per heavy atom. The number of fused-ring (bicyclic) bond motifs is 7. The molecule has 6 aliphatic rings. The standard InChI is InChI=1S/C42H72N4O3/c1-29-13-18-42(37(48)44-22-10-24-46-27-25-45(26-28-46)23-9-21-43)20-19-40(7)32(36(42)30(29)2)11-12-34-39(6)16-15-35(49-31(3)47)38(4,5)33(39)14-17-41(34,40)8/h11,29-30,33-36H,9-10,12-28,43H2,1-8H3,(H,44,48)/t29-,30+,33+,34-,35+,36+,39+,40-,41-,42+/m1/s1. The minimum atomic E-state index is -0.278. The minimum Gasteiger partial charge on any atom is -0.462 e. The zero-order valence-corrected chi connectivity index (χ0v) is 32.7. The van der Waals surface area contributed by atoms with Crippen LogP contribution in [0.15, 0.2) is 11.6 Å². The average Bonchev–Trinajstić information content (AvgIpc) is 3.05. The van der Waals surface area contributed by atoms with Gasteiger partial charge in [-0.2, -0.15) is 0 Å². The van der Waals surface area contributed by atoms with Crippen molar-refractivity contribution in [2.45, 2.75) is 132 Å². The predicted molar refractivity (Wildman–Crippen MR) is 199 cm³/mol. The van der Waals surface area contributed by atoms with E-state index in [1.807, 2.05) is 0 Å². The van der Waals surface area contributed by atoms with Crippen LogP contribution in [0.1, 0.15) is 126 Å². The second kappa shape index (κ2) is 13.8. The second-order valence-corrected chi connectivity index (χ2v) is 19.2. The number of hydrogen-bond donors (Lipinski definition) is 2. The first-order valence-corrected chi connectivity index (χ1v) is 20.4. The van der Waals surface area contributed by atoms with Gasteiger partial charge in [-0.25, -0.2) is 0 Å². The Bertz CT molecular complexity index is 1260. The topological polar surface area (TPSA) is 87.9 Å². The third-order valence-electron chi connectivity index (χ3n) is 16.8. The van der Waals surface area contributed by atoms with Crippen LogP contribution in [0.4, 0.5) is 0 Å². The molecule has 0 aromatic rings. The summed E-state index contributed by atoms with van der Waals surface area (Å²) >= 11 is 0. The Labute approximate surface area is 299 Å². The number of nitrogens with zero attached hydrogens (tertiary/aromatic N) is 2. The van der Waals surface area contributed by atoms with Gasteiger partial charge in [0, 0.05) is 45.1 Å². The van der Waals surface area contributed by atoms with Crippen LogP contribution in [0.25, 0.3) is 0 Å². The Morgan fingerprint density at radius 1 is 0.878 bits per heavy atom. The first-order chi connectivity index (χ1) is 23.1. The van der Waals surface area contributed by atoms with Crippen molar-refractivity contribution in [2.24, 2.45) is 62.4 Å². The molecule has 7 nitrogen and oxygen atoms in total. The van der Waals surface area contributed by atoms with Gasteiger partial charge in [0.25, 0.3) is 0 Å². The molecule has 0 aromatic heterocycles. The van der Waals surface area contributed by atoms with Crippen molar-refractivity contribution in [1.82, 2.24) is 15.1 Å². The maximum atomic E-state index is 14.6. The molecule has 10 atom stereocenters. The van der Waals surface area contributed by atoms with E-state index in [1.165, 1.54) is 12.8 Å². The number of amides is 1. The molecule has 0 spiro atoms. The number of carbonyl (C=O) groups excluding carboxylic acids is 2. The summed E-state index contributed by atoms with van der Waals surface area (Å²) in [5.74, 6) is 2.82. The predicted octanol–water partition coefficient (Wildman–Crippen LogP) is 7.05. The van der Waals surface area contributed by atoms with Gasteiger partial charge < -0.3 is 25.6 Å². The number of rotatable bonds is 9. The first kappa shape index (κ1) is 37.3. The van der Waals surface area contributed by atoms with Crippen LogP contribution in [0, 0.1) is 56.7 Å². The molecule has 1 aliphatic heterocycles. The number of ether oxygens (including phenoxy) is 1. The monoisotopic (exact) mass is 681 g/mol. The van der Waals surface area contributed by atoms with E-state index in [-0.39, 0.29) is 39.1 Å². The molecule has 49 heavy (non-hydrogen) atoms. The molecule has 1 saturated heterocycles. The molecule has 4 saturated carbocycles. The molecule has 6 rings (SSSR count). The lowest BCUT2D eigenvalue weighted by Crippen LogP contribution is -2.66. The molecular weight excluding hydrogens is 608 g/mol. The van der Waals surface area contributed by atoms with Crippen LogP contribution < -0.4 is 11.1 Å². The number of hydrogen-bond acceptors (Lipinski definition) is 6. The number of allylic oxidation sites excluding steroid dienone is 2. The van der Waals surface area contributed by atoms with E-state index in [0.717, 1.165) is 110 Å². The molecule has 0 aromatic carbocycles. The van der Waals surface area contributed by atoms with Gasteiger partial charge in [-0.1, -0.05) is 60.1 Å². The molecule has 0 unspecified atom stereocenters. The van der Waals surface area contributed by atoms with E-state index in [1.54, 1.807) is 12.5 Å². The van der Waals surface area contributed by atoms with E-state index in [0.29, 0.717) is 35.5 Å². The summed E-state index contributed by atoms with van der Waals surface area (Å²) in [5, 5.41) is 3.54. The number of carbonyl (C=O) groups is 2. The highest BCUT2D eigenvalue weighted by molar-refractivity contribution is 5.84. The van der Waals surface area contributed by atoms with E-state index in [9.17, 15) is 9.59 Å². The van der Waals surface area contributed by atoms with Crippen LogP contribution >= 0.6 is 0 Å². The third kappa shape index (κ3) is 6.15. The lowest BCUT2D eigenvalue weighted by atomic mass is 9.33. The van der Waals surface area contributed by atoms with Gasteiger partial charge >= 0.3 is 5.97 Å². The Hall–Kier alpha value is -1.44. The molecule has 5 aliphatic carbocycles. The van der Waals surface area contributed by atoms with E-state index in [2.05, 4.69) is 69.7 Å². The SMILES string of the molecule is CC(=O)O[C@H]1CC[C@]2(C)[C@H]3CC=C4[C@@H]5[C@@H](C)[C@H](C)CC[C@]5(C(=O)NCCCN5CCN(CCCN)CC5)CC[C@@]4(C)[C@]3(C)CC[C@H]2C1(C)C. The highest BCUT2D eigenvalue weighted by atomic mass is 16.5. The number of nitrogens with one attached hydrogen (secondary N) is 1. The van der Waals surface area contributed by atoms with Gasteiger partial charge in [-0.05, 0) is 136 Å². The van der Waals surface area contributed by atoms with Crippen LogP contribution in [0.2, 0.25) is 0 Å². The van der Waals surface area contributed by atoms with E-state index < -0.39 is 0 Å². The first-order valence-electron chi connectivity index (χ1n) is 20.4. The molecular formula is C42H72N4O3. The normalized spacial score (nSPS) is 43.7. The summed E-state index contributed by atoms with van der Waals surface area (Å²) in [5.41, 5.74) is 7.58. The van der Waals surface area contributed by atoms with Crippen molar-refractivity contribution in [2.75, 3.05) is 52.4 Å². The van der Waals surface area contributed by atoms with Crippen LogP contribution in [-0.4, -0.2) is 80.1 Å². The van der Waals surface area contributed by atoms with E-state index >= 15 is 0 Å². The number of nitrogens with two attached hydrogens (primary N) is 1. The van der Waals surface area contributed by atoms with Crippen molar-refractivity contribution in [1.29, 1.82) is 0 Å². The zero-order chi connectivity index (χ0) is 35.4. The van der Waals surface area contributed by atoms with Crippen molar-refractivity contribution >= 4 is 11.9 Å². The Kier molecular flexibility index (Phi) is 10.5. The highest BCUT2D eigenvalue weighted by Crippen LogP contribution is 2.75. The molecule has 7 heteroatoms. The van der Waals surface area contributed by atoms with Crippen molar-refractivity contribution in [3.05, 3.63) is 11.6 Å². The largest absolute Gasteiger partial charge is 0.462 e. The quantitative estimate of drug-likeness (QED) is 0.154. The van der Waals surface area contributed by atoms with Crippen molar-refractivity contribution < 1.29 is 14.3 Å². The van der Waals surface area contributed by atoms with Crippen LogP contribution in [0.3, 0.4) is 0 Å². The molecule has 0 bridgehead atoms. The minimum absolute atomic E-state index is 0.00720. The molecule has 5 fully saturated rings. The number of esters is 1. The lowest BCUT2D eigenvalue weighted by molar-refractivity contribution is -0.212. The molecule has 1 heterocycles. The summed E-state index contributed by atoms with van der Waals surface area (Å²) in [6, 6.07) is 0. The van der Waals surface area contributed by atoms with E-state index in [4.69, 9.17) is 10.5 Å². The second-order valence-electron chi connectivity index (χ2n) is 19.2.